The normalized spacial score (nSPS) is 10.6. The van der Waals surface area contributed by atoms with E-state index in [9.17, 15) is 14.4 Å². The van der Waals surface area contributed by atoms with Crippen molar-refractivity contribution in [1.29, 1.82) is 0 Å². The highest BCUT2D eigenvalue weighted by Crippen LogP contribution is 2.14. The summed E-state index contributed by atoms with van der Waals surface area (Å²) in [7, 11) is 3.94. The molecule has 0 saturated carbocycles. The van der Waals surface area contributed by atoms with Crippen molar-refractivity contribution in [3.8, 4) is 0 Å². The van der Waals surface area contributed by atoms with E-state index in [4.69, 9.17) is 14.2 Å². The minimum atomic E-state index is -0.458. The Morgan fingerprint density at radius 1 is 0.588 bits per heavy atom. The van der Waals surface area contributed by atoms with Crippen LogP contribution in [0.25, 0.3) is 0 Å². The molecule has 0 radical (unpaired) electrons. The second-order valence-corrected chi connectivity index (χ2v) is 7.23. The van der Waals surface area contributed by atoms with Crippen LogP contribution in [0.1, 0.15) is 48.2 Å². The highest BCUT2D eigenvalue weighted by atomic mass is 16.5. The van der Waals surface area contributed by atoms with Gasteiger partial charge in [0.2, 0.25) is 0 Å². The summed E-state index contributed by atoms with van der Waals surface area (Å²) in [5.41, 5.74) is 3.26. The molecule has 0 aliphatic carbocycles. The van der Waals surface area contributed by atoms with Crippen molar-refractivity contribution in [3.05, 3.63) is 88.8 Å². The minimum absolute atomic E-state index is 0.359. The van der Waals surface area contributed by atoms with Gasteiger partial charge in [0, 0.05) is 38.2 Å². The van der Waals surface area contributed by atoms with Gasteiger partial charge < -0.3 is 14.2 Å². The standard InChI is InChI=1S/C24H24N4O6/c1-32-22(29)16-4-7-19(25-10-16)13-28(14-20-8-5-17(11-26-20)23(30)33-2)15-21-9-6-18(12-27-21)24(31)34-3/h4-12H,13-15H2,1-3H3. The molecule has 0 spiro atoms. The van der Waals surface area contributed by atoms with Crippen LogP contribution in [0.2, 0.25) is 0 Å². The van der Waals surface area contributed by atoms with Crippen molar-refractivity contribution < 1.29 is 28.6 Å². The maximum absolute atomic E-state index is 11.7. The molecule has 10 heteroatoms. The van der Waals surface area contributed by atoms with E-state index in [1.54, 1.807) is 36.4 Å². The van der Waals surface area contributed by atoms with Gasteiger partial charge in [0.15, 0.2) is 0 Å². The van der Waals surface area contributed by atoms with Crippen LogP contribution in [0.3, 0.4) is 0 Å². The molecule has 0 unspecified atom stereocenters. The predicted octanol–water partition coefficient (Wildman–Crippen LogP) is 2.43. The van der Waals surface area contributed by atoms with Crippen LogP contribution in [0.4, 0.5) is 0 Å². The summed E-state index contributed by atoms with van der Waals surface area (Å²) in [5, 5.41) is 0. The first-order valence-electron chi connectivity index (χ1n) is 10.3. The lowest BCUT2D eigenvalue weighted by Crippen LogP contribution is -2.24. The van der Waals surface area contributed by atoms with Gasteiger partial charge in [0.05, 0.1) is 55.1 Å². The Morgan fingerprint density at radius 3 is 1.09 bits per heavy atom. The average Bonchev–Trinajstić information content (AvgIpc) is 2.88. The van der Waals surface area contributed by atoms with Gasteiger partial charge in [-0.3, -0.25) is 19.9 Å². The smallest absolute Gasteiger partial charge is 0.339 e. The number of carbonyl (C=O) groups is 3. The quantitative estimate of drug-likeness (QED) is 0.345. The number of esters is 3. The van der Waals surface area contributed by atoms with Crippen LogP contribution < -0.4 is 0 Å². The Bertz CT molecular complexity index is 985. The Hall–Kier alpha value is -4.18. The van der Waals surface area contributed by atoms with Crippen LogP contribution in [0, 0.1) is 0 Å². The van der Waals surface area contributed by atoms with E-state index in [1.807, 2.05) is 4.90 Å². The van der Waals surface area contributed by atoms with Gasteiger partial charge in [-0.15, -0.1) is 0 Å². The van der Waals surface area contributed by atoms with Gasteiger partial charge >= 0.3 is 17.9 Å². The third kappa shape index (κ3) is 6.42. The lowest BCUT2D eigenvalue weighted by atomic mass is 10.2. The first-order chi connectivity index (χ1) is 16.4. The predicted molar refractivity (Wildman–Crippen MR) is 120 cm³/mol. The number of ether oxygens (including phenoxy) is 3. The molecule has 0 saturated heterocycles. The lowest BCUT2D eigenvalue weighted by Gasteiger charge is -2.21. The summed E-state index contributed by atoms with van der Waals surface area (Å²) in [6, 6.07) is 10.2. The number of hydrogen-bond donors (Lipinski definition) is 0. The topological polar surface area (TPSA) is 121 Å². The largest absolute Gasteiger partial charge is 0.465 e. The van der Waals surface area contributed by atoms with Crippen molar-refractivity contribution in [2.45, 2.75) is 19.6 Å². The molecule has 0 amide bonds. The monoisotopic (exact) mass is 464 g/mol. The van der Waals surface area contributed by atoms with Gasteiger partial charge in [-0.2, -0.15) is 0 Å². The second-order valence-electron chi connectivity index (χ2n) is 7.23. The molecular weight excluding hydrogens is 440 g/mol. The van der Waals surface area contributed by atoms with E-state index in [-0.39, 0.29) is 0 Å². The van der Waals surface area contributed by atoms with E-state index >= 15 is 0 Å². The number of rotatable bonds is 9. The fourth-order valence-electron chi connectivity index (χ4n) is 3.12. The highest BCUT2D eigenvalue weighted by molar-refractivity contribution is 5.89. The van der Waals surface area contributed by atoms with E-state index in [0.29, 0.717) is 36.3 Å². The molecule has 0 N–H and O–H groups in total. The van der Waals surface area contributed by atoms with Crippen LogP contribution in [-0.4, -0.2) is 59.1 Å². The van der Waals surface area contributed by atoms with Crippen molar-refractivity contribution in [2.24, 2.45) is 0 Å². The summed E-state index contributed by atoms with van der Waals surface area (Å²) in [4.78, 5) is 50.1. The molecule has 0 atom stereocenters. The second kappa shape index (κ2) is 11.6. The number of nitrogens with zero attached hydrogens (tertiary/aromatic N) is 4. The molecule has 176 valence electrons. The Balaban J connectivity index is 1.79. The van der Waals surface area contributed by atoms with E-state index in [2.05, 4.69) is 15.0 Å². The fraction of sp³-hybridized carbons (Fsp3) is 0.250. The van der Waals surface area contributed by atoms with Gasteiger partial charge in [0.1, 0.15) is 0 Å². The number of hydrogen-bond acceptors (Lipinski definition) is 10. The van der Waals surface area contributed by atoms with Crippen molar-refractivity contribution in [3.63, 3.8) is 0 Å². The highest BCUT2D eigenvalue weighted by Gasteiger charge is 2.14. The van der Waals surface area contributed by atoms with Crippen molar-refractivity contribution in [1.82, 2.24) is 19.9 Å². The number of pyridine rings is 3. The van der Waals surface area contributed by atoms with Crippen LogP contribution in [0.15, 0.2) is 55.0 Å². The van der Waals surface area contributed by atoms with Crippen molar-refractivity contribution in [2.75, 3.05) is 21.3 Å². The molecule has 3 aromatic rings. The summed E-state index contributed by atoms with van der Waals surface area (Å²) >= 11 is 0. The molecule has 3 rings (SSSR count). The number of aromatic nitrogens is 3. The Labute approximate surface area is 196 Å². The third-order valence-electron chi connectivity index (χ3n) is 4.89. The molecule has 0 fully saturated rings. The lowest BCUT2D eigenvalue weighted by molar-refractivity contribution is 0.0591. The SMILES string of the molecule is COC(=O)c1ccc(CN(Cc2ccc(C(=O)OC)cn2)Cc2ccc(C(=O)OC)cn2)nc1. The molecule has 3 heterocycles. The molecule has 3 aromatic heterocycles. The zero-order valence-electron chi connectivity index (χ0n) is 19.1. The number of carbonyl (C=O) groups excluding carboxylic acids is 3. The Morgan fingerprint density at radius 2 is 0.882 bits per heavy atom. The molecule has 0 aliphatic rings. The maximum atomic E-state index is 11.7. The van der Waals surface area contributed by atoms with E-state index < -0.39 is 17.9 Å². The van der Waals surface area contributed by atoms with Crippen LogP contribution >= 0.6 is 0 Å². The summed E-state index contributed by atoms with van der Waals surface area (Å²) in [6.07, 6.45) is 4.39. The summed E-state index contributed by atoms with van der Waals surface area (Å²) in [5.74, 6) is -1.37. The molecule has 34 heavy (non-hydrogen) atoms. The van der Waals surface area contributed by atoms with Gasteiger partial charge in [-0.05, 0) is 36.4 Å². The van der Waals surface area contributed by atoms with E-state index in [0.717, 1.165) is 17.1 Å². The molecule has 0 aliphatic heterocycles. The molecule has 0 aromatic carbocycles. The third-order valence-corrected chi connectivity index (χ3v) is 4.89. The van der Waals surface area contributed by atoms with Gasteiger partial charge in [-0.25, -0.2) is 14.4 Å². The van der Waals surface area contributed by atoms with Crippen LogP contribution in [0.5, 0.6) is 0 Å². The summed E-state index contributed by atoms with van der Waals surface area (Å²) < 4.78 is 14.1. The van der Waals surface area contributed by atoms with Gasteiger partial charge in [0.25, 0.3) is 0 Å². The zero-order chi connectivity index (χ0) is 24.5. The maximum Gasteiger partial charge on any atom is 0.339 e. The zero-order valence-corrected chi connectivity index (χ0v) is 19.1. The Kier molecular flexibility index (Phi) is 8.36. The van der Waals surface area contributed by atoms with Gasteiger partial charge in [-0.1, -0.05) is 0 Å². The minimum Gasteiger partial charge on any atom is -0.465 e. The molecular formula is C24H24N4O6. The van der Waals surface area contributed by atoms with Crippen molar-refractivity contribution >= 4 is 17.9 Å². The average molecular weight is 464 g/mol. The fourth-order valence-corrected chi connectivity index (χ4v) is 3.12. The first kappa shape index (κ1) is 24.5. The van der Waals surface area contributed by atoms with E-state index in [1.165, 1.54) is 39.9 Å². The number of methoxy groups -OCH3 is 3. The first-order valence-corrected chi connectivity index (χ1v) is 10.3. The van der Waals surface area contributed by atoms with Crippen LogP contribution in [-0.2, 0) is 33.8 Å². The summed E-state index contributed by atoms with van der Waals surface area (Å²) in [6.45, 7) is 1.30. The molecule has 10 nitrogen and oxygen atoms in total. The molecule has 0 bridgehead atoms.